The fraction of sp³-hybridized carbons (Fsp3) is 0.156. The van der Waals surface area contributed by atoms with Crippen molar-refractivity contribution in [3.05, 3.63) is 302 Å². The highest BCUT2D eigenvalue weighted by molar-refractivity contribution is 6.07. The molecule has 4 saturated heterocycles. The van der Waals surface area contributed by atoms with Crippen LogP contribution in [0.25, 0.3) is 90.6 Å². The van der Waals surface area contributed by atoms with Gasteiger partial charge in [0, 0.05) is 122 Å². The van der Waals surface area contributed by atoms with Crippen LogP contribution >= 0.6 is 0 Å². The Labute approximate surface area is 734 Å². The van der Waals surface area contributed by atoms with Gasteiger partial charge >= 0.3 is 12.1 Å². The summed E-state index contributed by atoms with van der Waals surface area (Å²) in [5.41, 5.74) is 16.1. The monoisotopic (exact) mass is 1750 g/mol. The quantitative estimate of drug-likeness (QED) is 0.0367. The van der Waals surface area contributed by atoms with Gasteiger partial charge in [-0.05, 0) is 115 Å². The number of nitrogens with zero attached hydrogens (tertiary/aromatic N) is 21. The van der Waals surface area contributed by atoms with Crippen molar-refractivity contribution in [2.75, 3.05) is 74.1 Å². The summed E-state index contributed by atoms with van der Waals surface area (Å²) in [6.45, 7) is 4.50. The molecule has 130 heavy (non-hydrogen) atoms. The lowest BCUT2D eigenvalue weighted by Gasteiger charge is -2.25. The van der Waals surface area contributed by atoms with Crippen molar-refractivity contribution >= 4 is 58.3 Å². The molecule has 4 fully saturated rings. The maximum Gasteiger partial charge on any atom is 0.417 e. The number of carbonyl (C=O) groups is 6. The van der Waals surface area contributed by atoms with E-state index in [1.165, 1.54) is 43.0 Å². The van der Waals surface area contributed by atoms with Gasteiger partial charge in [-0.15, -0.1) is 0 Å². The number of aromatic nitrogens is 21. The minimum atomic E-state index is -4.54. The summed E-state index contributed by atoms with van der Waals surface area (Å²) in [7, 11) is 1.84. The van der Waals surface area contributed by atoms with E-state index in [4.69, 9.17) is 24.7 Å². The fourth-order valence-corrected chi connectivity index (χ4v) is 13.3. The standard InChI is InChI=1S/C23H17F3N6O2.C23H19N7O3.C23H18N6O4.C21H19N7O2/c24-23(25,26)15-8-14(9-27-10-15)17-5-3-6-19(29-17)22(33)30-20-11-32(16-12-34-13-16)31-21(20)18-4-1-2-7-28-18;24-22(31)15-8-14(9-25-10-15)17-5-3-6-19(27-17)23(32)28-20-11-30(16-12-33-13-16)29-21(20)18-4-1-2-7-26-18;30-22(19-6-3-5-17(26-19)14-8-15(23(31)32)10-24-9-14)27-20-11-29(16-12-33-13-16)28-21(20)18-4-1-2-7-25-18;1-27-10-14(9-23-27)16-6-4-7-18(24-16)21(29)25-19-11-28(15-12-30-13-15)26-20(19)17-5-2-3-8-22-17/h1-11,16H,12-13H2,(H,30,33);1-11,16H,12-13H2,(H2,24,31)(H,28,32);1-11,16H,12-13H2,(H,27,30)(H,31,32);2-11,15H,12-13H2,1H3,(H,25,29). The van der Waals surface area contributed by atoms with E-state index in [2.05, 4.69) is 102 Å². The van der Waals surface area contributed by atoms with Crippen LogP contribution in [-0.4, -0.2) is 197 Å². The maximum absolute atomic E-state index is 13.1. The lowest BCUT2D eigenvalue weighted by atomic mass is 10.1. The summed E-state index contributed by atoms with van der Waals surface area (Å²) >= 11 is 0. The molecule has 7 N–H and O–H groups in total. The maximum atomic E-state index is 13.1. The number of hydrogen-bond acceptors (Lipinski definition) is 26. The van der Waals surface area contributed by atoms with Gasteiger partial charge < -0.3 is 51.1 Å². The Morgan fingerprint density at radius 3 is 0.946 bits per heavy atom. The third-order valence-electron chi connectivity index (χ3n) is 20.4. The van der Waals surface area contributed by atoms with Gasteiger partial charge in [0.2, 0.25) is 5.91 Å². The van der Waals surface area contributed by atoms with E-state index in [0.29, 0.717) is 155 Å². The number of anilines is 4. The number of carboxylic acids is 1. The zero-order valence-electron chi connectivity index (χ0n) is 68.4. The van der Waals surface area contributed by atoms with Crippen LogP contribution in [0.3, 0.4) is 0 Å². The molecule has 20 heterocycles. The van der Waals surface area contributed by atoms with Gasteiger partial charge in [0.05, 0.1) is 168 Å². The summed E-state index contributed by atoms with van der Waals surface area (Å²) in [6.07, 6.45) is 20.5. The molecule has 0 aromatic carbocycles. The summed E-state index contributed by atoms with van der Waals surface area (Å²) in [6, 6.07) is 46.2. The Kier molecular flexibility index (Phi) is 25.2. The number of primary amides is 1. The number of amides is 5. The van der Waals surface area contributed by atoms with Crippen molar-refractivity contribution in [3.63, 3.8) is 0 Å². The number of ether oxygens (including phenoxy) is 4. The lowest BCUT2D eigenvalue weighted by Crippen LogP contribution is -2.30. The predicted octanol–water partition coefficient (Wildman–Crippen LogP) is 12.1. The SMILES string of the molecule is Cn1cc(-c2cccc(C(=O)Nc3cn(C4COC4)nc3-c3ccccn3)n2)cn1.NC(=O)c1cncc(-c2cccc(C(=O)Nc3cn(C4COC4)nc3-c3ccccn3)n2)c1.O=C(Nc1cn(C2COC2)nc1-c1ccccn1)c1cccc(-c2cncc(C(F)(F)F)c2)n1.O=C(O)c1cncc(-c2cccc(C(=O)Nc3cn(C4COC4)nc3-c3ccccn3)n2)c1. The number of carboxylic acid groups (broad SMARTS) is 1. The van der Waals surface area contributed by atoms with E-state index in [0.717, 1.165) is 17.8 Å². The molecule has 650 valence electrons. The molecule has 37 nitrogen and oxygen atoms in total. The van der Waals surface area contributed by atoms with Crippen LogP contribution in [0.15, 0.2) is 263 Å². The number of nitrogens with two attached hydrogens (primary N) is 1. The Balaban J connectivity index is 0.000000122. The van der Waals surface area contributed by atoms with Gasteiger partial charge in [0.15, 0.2) is 0 Å². The van der Waals surface area contributed by atoms with E-state index < -0.39 is 41.3 Å². The molecule has 20 rings (SSSR count). The normalized spacial score (nSPS) is 13.6. The molecule has 0 unspecified atom stereocenters. The summed E-state index contributed by atoms with van der Waals surface area (Å²) in [5, 5.41) is 43.4. The number of aryl methyl sites for hydroxylation is 1. The second kappa shape index (κ2) is 38.3. The minimum absolute atomic E-state index is 0.0293. The molecule has 5 amide bonds. The fourth-order valence-electron chi connectivity index (χ4n) is 13.3. The molecule has 0 bridgehead atoms. The zero-order chi connectivity index (χ0) is 89.8. The molecular weight excluding hydrogens is 1680 g/mol. The third kappa shape index (κ3) is 19.9. The van der Waals surface area contributed by atoms with Crippen molar-refractivity contribution in [1.29, 1.82) is 0 Å². The molecule has 40 heteroatoms. The lowest BCUT2D eigenvalue weighted by molar-refractivity contribution is -0.137. The Morgan fingerprint density at radius 2 is 0.669 bits per heavy atom. The van der Waals surface area contributed by atoms with Crippen LogP contribution in [-0.2, 0) is 32.2 Å². The number of carbonyl (C=O) groups excluding carboxylic acids is 5. The molecule has 0 spiro atoms. The van der Waals surface area contributed by atoms with Crippen molar-refractivity contribution in [2.24, 2.45) is 12.8 Å². The molecule has 0 aliphatic carbocycles. The van der Waals surface area contributed by atoms with Gasteiger partial charge in [-0.3, -0.25) is 82.3 Å². The number of halogens is 3. The molecule has 0 saturated carbocycles. The molecule has 16 aromatic rings. The third-order valence-corrected chi connectivity index (χ3v) is 20.4. The average molecular weight is 1750 g/mol. The molecule has 4 aliphatic heterocycles. The van der Waals surface area contributed by atoms with Gasteiger partial charge in [0.25, 0.3) is 23.6 Å². The molecule has 0 atom stereocenters. The van der Waals surface area contributed by atoms with Crippen LogP contribution in [0, 0.1) is 0 Å². The summed E-state index contributed by atoms with van der Waals surface area (Å²) in [4.78, 5) is 121. The Hall–Kier alpha value is -16.9. The van der Waals surface area contributed by atoms with E-state index in [1.54, 1.807) is 147 Å². The number of nitrogens with one attached hydrogen (secondary N) is 4. The second-order valence-corrected chi connectivity index (χ2v) is 29.5. The van der Waals surface area contributed by atoms with E-state index >= 15 is 0 Å². The van der Waals surface area contributed by atoms with Crippen LogP contribution in [0.1, 0.15) is 92.4 Å². The first-order valence-corrected chi connectivity index (χ1v) is 40.1. The first-order chi connectivity index (χ1) is 63.2. The Bertz CT molecular complexity index is 6620. The Morgan fingerprint density at radius 1 is 0.369 bits per heavy atom. The van der Waals surface area contributed by atoms with Crippen molar-refractivity contribution in [3.8, 4) is 90.6 Å². The van der Waals surface area contributed by atoms with E-state index in [-0.39, 0.29) is 69.5 Å². The van der Waals surface area contributed by atoms with Crippen LogP contribution in [0.5, 0.6) is 0 Å². The zero-order valence-corrected chi connectivity index (χ0v) is 68.4. The first-order valence-electron chi connectivity index (χ1n) is 40.1. The van der Waals surface area contributed by atoms with Crippen molar-refractivity contribution < 1.29 is 66.0 Å². The highest BCUT2D eigenvalue weighted by Gasteiger charge is 2.33. The average Bonchev–Trinajstić information content (AvgIpc) is 1.55. The first kappa shape index (κ1) is 85.3. The van der Waals surface area contributed by atoms with Crippen molar-refractivity contribution in [2.45, 2.75) is 30.3 Å². The number of aromatic carboxylic acids is 1. The molecular formula is C90H73F3N26O11. The van der Waals surface area contributed by atoms with Crippen LogP contribution in [0.4, 0.5) is 35.9 Å². The van der Waals surface area contributed by atoms with Gasteiger partial charge in [-0.25, -0.2) is 24.7 Å². The number of rotatable bonds is 22. The smallest absolute Gasteiger partial charge is 0.417 e. The van der Waals surface area contributed by atoms with Gasteiger partial charge in [-0.2, -0.15) is 38.7 Å². The van der Waals surface area contributed by atoms with Gasteiger partial charge in [-0.1, -0.05) is 48.5 Å². The molecule has 16 aromatic heterocycles. The van der Waals surface area contributed by atoms with E-state index in [1.807, 2.05) is 90.9 Å². The molecule has 0 radical (unpaired) electrons. The van der Waals surface area contributed by atoms with Crippen LogP contribution < -0.4 is 27.0 Å². The largest absolute Gasteiger partial charge is 0.478 e. The topological polar surface area (TPSA) is 465 Å². The van der Waals surface area contributed by atoms with Gasteiger partial charge in [0.1, 0.15) is 45.6 Å². The summed E-state index contributed by atoms with van der Waals surface area (Å²) < 4.78 is 69.0. The highest BCUT2D eigenvalue weighted by Crippen LogP contribution is 2.36. The van der Waals surface area contributed by atoms with Crippen molar-refractivity contribution in [1.82, 2.24) is 104 Å². The second-order valence-electron chi connectivity index (χ2n) is 29.5. The highest BCUT2D eigenvalue weighted by atomic mass is 19.4. The summed E-state index contributed by atoms with van der Waals surface area (Å²) in [5.74, 6) is -3.37. The predicted molar refractivity (Wildman–Crippen MR) is 462 cm³/mol. The molecule has 4 aliphatic rings. The minimum Gasteiger partial charge on any atom is -0.478 e. The number of pyridine rings is 11. The number of hydrogen-bond donors (Lipinski definition) is 6. The number of alkyl halides is 3. The van der Waals surface area contributed by atoms with E-state index in [9.17, 15) is 47.0 Å². The van der Waals surface area contributed by atoms with Crippen LogP contribution in [0.2, 0.25) is 0 Å².